The molecule has 1 aliphatic carbocycles. The van der Waals surface area contributed by atoms with Crippen molar-refractivity contribution in [1.82, 2.24) is 19.8 Å². The van der Waals surface area contributed by atoms with Gasteiger partial charge in [0.05, 0.1) is 5.69 Å². The van der Waals surface area contributed by atoms with E-state index in [1.54, 1.807) is 0 Å². The molecule has 3 aliphatic rings. The molecular weight excluding hydrogens is 344 g/mol. The summed E-state index contributed by atoms with van der Waals surface area (Å²) in [7, 11) is 0. The molecule has 28 heavy (non-hydrogen) atoms. The summed E-state index contributed by atoms with van der Waals surface area (Å²) in [5, 5.41) is 0. The highest BCUT2D eigenvalue weighted by molar-refractivity contribution is 5.33. The summed E-state index contributed by atoms with van der Waals surface area (Å²) < 4.78 is 0. The van der Waals surface area contributed by atoms with E-state index < -0.39 is 0 Å². The van der Waals surface area contributed by atoms with E-state index in [0.29, 0.717) is 5.41 Å². The molecule has 0 saturated carbocycles. The van der Waals surface area contributed by atoms with Crippen LogP contribution < -0.4 is 0 Å². The average molecular weight is 377 g/mol. The van der Waals surface area contributed by atoms with Crippen molar-refractivity contribution in [2.75, 3.05) is 26.2 Å². The quantitative estimate of drug-likeness (QED) is 0.817. The molecule has 2 aromatic rings. The van der Waals surface area contributed by atoms with Crippen molar-refractivity contribution in [3.8, 4) is 0 Å². The topological polar surface area (TPSA) is 32.3 Å². The van der Waals surface area contributed by atoms with E-state index in [2.05, 4.69) is 51.3 Å². The van der Waals surface area contributed by atoms with Crippen LogP contribution >= 0.6 is 0 Å². The molecule has 1 aromatic heterocycles. The van der Waals surface area contributed by atoms with Crippen LogP contribution in [0.2, 0.25) is 0 Å². The Morgan fingerprint density at radius 1 is 1.07 bits per heavy atom. The van der Waals surface area contributed by atoms with E-state index in [9.17, 15) is 0 Å². The normalized spacial score (nSPS) is 26.6. The lowest BCUT2D eigenvalue weighted by Gasteiger charge is -2.46. The number of benzene rings is 1. The van der Waals surface area contributed by atoms with Crippen LogP contribution in [-0.4, -0.2) is 52.0 Å². The van der Waals surface area contributed by atoms with E-state index in [1.807, 2.05) is 6.92 Å². The third-order valence-corrected chi connectivity index (χ3v) is 7.29. The monoisotopic (exact) mass is 376 g/mol. The third kappa shape index (κ3) is 3.48. The number of nitrogens with zero attached hydrogens (tertiary/aromatic N) is 4. The highest BCUT2D eigenvalue weighted by atomic mass is 15.2. The summed E-state index contributed by atoms with van der Waals surface area (Å²) in [6.45, 7) is 8.06. The zero-order valence-corrected chi connectivity index (χ0v) is 17.1. The minimum absolute atomic E-state index is 0.294. The zero-order valence-electron chi connectivity index (χ0n) is 17.1. The van der Waals surface area contributed by atoms with Gasteiger partial charge in [-0.15, -0.1) is 0 Å². The molecular formula is C24H32N4. The average Bonchev–Trinajstić information content (AvgIpc) is 3.06. The summed E-state index contributed by atoms with van der Waals surface area (Å²) in [5.74, 6) is 0.936. The van der Waals surface area contributed by atoms with Gasteiger partial charge in [0.2, 0.25) is 0 Å². The van der Waals surface area contributed by atoms with Crippen molar-refractivity contribution >= 4 is 0 Å². The molecule has 3 heterocycles. The molecule has 2 aliphatic heterocycles. The first-order chi connectivity index (χ1) is 13.7. The van der Waals surface area contributed by atoms with Crippen LogP contribution in [0.4, 0.5) is 0 Å². The third-order valence-electron chi connectivity index (χ3n) is 7.29. The standard InChI is InChI=1S/C24H32N4/c1-19-25-16-21-8-12-24(23(21)26-19)11-5-13-28(18-24)22-9-14-27(15-10-22)17-20-6-3-2-4-7-20/h2-4,6-7,16,22H,5,8-15,17-18H2,1H3. The van der Waals surface area contributed by atoms with E-state index in [1.165, 1.54) is 81.5 Å². The fourth-order valence-electron chi connectivity index (χ4n) is 5.79. The molecule has 1 atom stereocenters. The van der Waals surface area contributed by atoms with Gasteiger partial charge in [0.15, 0.2) is 0 Å². The number of likely N-dealkylation sites (tertiary alicyclic amines) is 2. The number of fused-ring (bicyclic) bond motifs is 2. The summed E-state index contributed by atoms with van der Waals surface area (Å²) in [4.78, 5) is 14.8. The highest BCUT2D eigenvalue weighted by Gasteiger charge is 2.45. The van der Waals surface area contributed by atoms with Crippen molar-refractivity contribution in [2.45, 2.75) is 63.5 Å². The van der Waals surface area contributed by atoms with E-state index >= 15 is 0 Å². The second-order valence-corrected chi connectivity index (χ2v) is 9.14. The van der Waals surface area contributed by atoms with Crippen LogP contribution in [0.3, 0.4) is 0 Å². The molecule has 0 bridgehead atoms. The lowest BCUT2D eigenvalue weighted by atomic mass is 9.76. The van der Waals surface area contributed by atoms with Crippen LogP contribution in [-0.2, 0) is 18.4 Å². The number of hydrogen-bond acceptors (Lipinski definition) is 4. The zero-order chi connectivity index (χ0) is 19.0. The fraction of sp³-hybridized carbons (Fsp3) is 0.583. The largest absolute Gasteiger partial charge is 0.299 e. The van der Waals surface area contributed by atoms with Gasteiger partial charge in [-0.1, -0.05) is 30.3 Å². The molecule has 0 radical (unpaired) electrons. The van der Waals surface area contributed by atoms with Gasteiger partial charge in [-0.25, -0.2) is 9.97 Å². The SMILES string of the molecule is Cc1ncc2c(n1)C1(CCCN(C3CCN(Cc4ccccc4)CC3)C1)CC2. The summed E-state index contributed by atoms with van der Waals surface area (Å²) in [6, 6.07) is 11.7. The van der Waals surface area contributed by atoms with Gasteiger partial charge in [0.1, 0.15) is 5.82 Å². The Hall–Kier alpha value is -1.78. The summed E-state index contributed by atoms with van der Waals surface area (Å²) >= 11 is 0. The number of aromatic nitrogens is 2. The van der Waals surface area contributed by atoms with Crippen LogP contribution in [0.1, 0.15) is 54.7 Å². The maximum absolute atomic E-state index is 4.92. The molecule has 2 saturated heterocycles. The number of hydrogen-bond donors (Lipinski definition) is 0. The second-order valence-electron chi connectivity index (χ2n) is 9.14. The van der Waals surface area contributed by atoms with E-state index in [-0.39, 0.29) is 0 Å². The van der Waals surface area contributed by atoms with E-state index in [4.69, 9.17) is 4.98 Å². The van der Waals surface area contributed by atoms with Crippen molar-refractivity contribution in [2.24, 2.45) is 0 Å². The van der Waals surface area contributed by atoms with Crippen molar-refractivity contribution in [1.29, 1.82) is 0 Å². The fourth-order valence-corrected chi connectivity index (χ4v) is 5.79. The lowest BCUT2D eigenvalue weighted by Crippen LogP contribution is -2.52. The Morgan fingerprint density at radius 2 is 1.89 bits per heavy atom. The Labute approximate surface area is 169 Å². The van der Waals surface area contributed by atoms with Gasteiger partial charge in [0, 0.05) is 30.7 Å². The molecule has 4 heteroatoms. The molecule has 4 nitrogen and oxygen atoms in total. The smallest absolute Gasteiger partial charge is 0.125 e. The first kappa shape index (κ1) is 18.3. The number of rotatable bonds is 3. The van der Waals surface area contributed by atoms with Gasteiger partial charge in [-0.2, -0.15) is 0 Å². The van der Waals surface area contributed by atoms with E-state index in [0.717, 1.165) is 18.4 Å². The molecule has 0 amide bonds. The Balaban J connectivity index is 1.23. The van der Waals surface area contributed by atoms with Crippen LogP contribution in [0.25, 0.3) is 0 Å². The second kappa shape index (κ2) is 7.57. The summed E-state index contributed by atoms with van der Waals surface area (Å²) in [6.07, 6.45) is 9.75. The van der Waals surface area contributed by atoms with Crippen molar-refractivity contribution in [3.63, 3.8) is 0 Å². The van der Waals surface area contributed by atoms with Crippen LogP contribution in [0.15, 0.2) is 36.5 Å². The molecule has 1 spiro atoms. The molecule has 1 unspecified atom stereocenters. The number of piperidine rings is 2. The first-order valence-corrected chi connectivity index (χ1v) is 11.1. The van der Waals surface area contributed by atoms with Crippen LogP contribution in [0.5, 0.6) is 0 Å². The predicted molar refractivity (Wildman–Crippen MR) is 112 cm³/mol. The van der Waals surface area contributed by atoms with Crippen LogP contribution in [0, 0.1) is 6.92 Å². The first-order valence-electron chi connectivity index (χ1n) is 11.1. The van der Waals surface area contributed by atoms with Crippen molar-refractivity contribution < 1.29 is 0 Å². The Bertz CT molecular complexity index is 809. The Kier molecular flexibility index (Phi) is 4.93. The maximum Gasteiger partial charge on any atom is 0.125 e. The minimum Gasteiger partial charge on any atom is -0.299 e. The van der Waals surface area contributed by atoms with Gasteiger partial charge in [-0.3, -0.25) is 9.80 Å². The Morgan fingerprint density at radius 3 is 2.71 bits per heavy atom. The van der Waals surface area contributed by atoms with Gasteiger partial charge < -0.3 is 0 Å². The maximum atomic E-state index is 4.92. The minimum atomic E-state index is 0.294. The highest BCUT2D eigenvalue weighted by Crippen LogP contribution is 2.44. The molecule has 0 N–H and O–H groups in total. The molecule has 5 rings (SSSR count). The molecule has 2 fully saturated rings. The predicted octanol–water partition coefficient (Wildman–Crippen LogP) is 3.73. The summed E-state index contributed by atoms with van der Waals surface area (Å²) in [5.41, 5.74) is 4.52. The lowest BCUT2D eigenvalue weighted by molar-refractivity contribution is 0.0560. The molecule has 1 aromatic carbocycles. The van der Waals surface area contributed by atoms with Gasteiger partial charge in [0.25, 0.3) is 0 Å². The number of aryl methyl sites for hydroxylation is 2. The van der Waals surface area contributed by atoms with Gasteiger partial charge in [-0.05, 0) is 76.2 Å². The molecule has 148 valence electrons. The van der Waals surface area contributed by atoms with Crippen molar-refractivity contribution in [3.05, 3.63) is 59.2 Å². The van der Waals surface area contributed by atoms with Gasteiger partial charge >= 0.3 is 0 Å².